The quantitative estimate of drug-likeness (QED) is 0.860. The molecule has 0 aliphatic rings. The van der Waals surface area contributed by atoms with Crippen molar-refractivity contribution < 1.29 is 13.2 Å². The van der Waals surface area contributed by atoms with Crippen molar-refractivity contribution in [2.45, 2.75) is 25.4 Å². The van der Waals surface area contributed by atoms with Crippen LogP contribution in [0.25, 0.3) is 0 Å². The van der Waals surface area contributed by atoms with Crippen molar-refractivity contribution >= 4 is 10.0 Å². The second kappa shape index (κ2) is 6.23. The molecule has 0 aliphatic carbocycles. The molecular weight excluding hydrogens is 292 g/mol. The molecule has 114 valence electrons. The summed E-state index contributed by atoms with van der Waals surface area (Å²) in [7, 11) is -1.91. The maximum Gasteiger partial charge on any atom is 0.259 e. The average molecular weight is 310 g/mol. The number of aromatic nitrogens is 3. The molecule has 0 aromatic carbocycles. The number of rotatable bonds is 6. The van der Waals surface area contributed by atoms with Crippen molar-refractivity contribution in [2.24, 2.45) is 7.05 Å². The first-order valence-corrected chi connectivity index (χ1v) is 7.98. The third kappa shape index (κ3) is 3.59. The second-order valence-electron chi connectivity index (χ2n) is 4.46. The van der Waals surface area contributed by atoms with E-state index >= 15 is 0 Å². The van der Waals surface area contributed by atoms with E-state index < -0.39 is 10.0 Å². The minimum Gasteiger partial charge on any atom is -0.478 e. The van der Waals surface area contributed by atoms with Crippen LogP contribution in [-0.2, 0) is 23.6 Å². The van der Waals surface area contributed by atoms with E-state index in [-0.39, 0.29) is 11.6 Å². The maximum atomic E-state index is 12.2. The molecule has 0 spiro atoms. The van der Waals surface area contributed by atoms with Gasteiger partial charge in [-0.3, -0.25) is 0 Å². The van der Waals surface area contributed by atoms with Crippen LogP contribution >= 0.6 is 0 Å². The van der Waals surface area contributed by atoms with Gasteiger partial charge in [0.1, 0.15) is 5.82 Å². The molecule has 0 atom stereocenters. The average Bonchev–Trinajstić information content (AvgIpc) is 2.79. The van der Waals surface area contributed by atoms with E-state index in [1.165, 1.54) is 6.20 Å². The lowest BCUT2D eigenvalue weighted by atomic mass is 10.3. The summed E-state index contributed by atoms with van der Waals surface area (Å²) in [5.74, 6) is 1.06. The smallest absolute Gasteiger partial charge is 0.259 e. The Bertz CT molecular complexity index is 705. The van der Waals surface area contributed by atoms with Crippen LogP contribution in [0.4, 0.5) is 0 Å². The number of hydrogen-bond donors (Lipinski definition) is 1. The minimum atomic E-state index is -3.66. The molecule has 0 unspecified atom stereocenters. The number of ether oxygens (including phenoxy) is 1. The Balaban J connectivity index is 2.15. The number of hydrogen-bond acceptors (Lipinski definition) is 5. The summed E-state index contributed by atoms with van der Waals surface area (Å²) in [4.78, 5) is 8.10. The van der Waals surface area contributed by atoms with Gasteiger partial charge in [0.05, 0.1) is 6.61 Å². The van der Waals surface area contributed by atoms with E-state index in [1.54, 1.807) is 36.9 Å². The highest BCUT2D eigenvalue weighted by Gasteiger charge is 2.19. The van der Waals surface area contributed by atoms with E-state index in [1.807, 2.05) is 6.92 Å². The van der Waals surface area contributed by atoms with Crippen LogP contribution < -0.4 is 9.46 Å². The fourth-order valence-electron chi connectivity index (χ4n) is 1.73. The molecular formula is C13H18N4O3S. The van der Waals surface area contributed by atoms with Gasteiger partial charge < -0.3 is 9.30 Å². The SMILES string of the molecule is CCOc1ncccc1CNS(=O)(=O)c1cn(C)c(C)n1. The van der Waals surface area contributed by atoms with Gasteiger partial charge in [0.2, 0.25) is 5.88 Å². The van der Waals surface area contributed by atoms with Gasteiger partial charge in [-0.25, -0.2) is 23.1 Å². The predicted octanol–water partition coefficient (Wildman–Crippen LogP) is 1.00. The van der Waals surface area contributed by atoms with Crippen LogP contribution in [-0.4, -0.2) is 29.6 Å². The van der Waals surface area contributed by atoms with E-state index in [9.17, 15) is 8.42 Å². The van der Waals surface area contributed by atoms with Crippen LogP contribution in [0, 0.1) is 6.92 Å². The molecule has 0 saturated heterocycles. The highest BCUT2D eigenvalue weighted by molar-refractivity contribution is 7.89. The molecule has 7 nitrogen and oxygen atoms in total. The molecule has 21 heavy (non-hydrogen) atoms. The van der Waals surface area contributed by atoms with Gasteiger partial charge in [0, 0.05) is 31.5 Å². The summed E-state index contributed by atoms with van der Waals surface area (Å²) >= 11 is 0. The first-order chi connectivity index (χ1) is 9.94. The summed E-state index contributed by atoms with van der Waals surface area (Å²) in [5, 5.41) is 0.00403. The molecule has 0 amide bonds. The van der Waals surface area contributed by atoms with Crippen molar-refractivity contribution in [3.8, 4) is 5.88 Å². The molecule has 0 bridgehead atoms. The lowest BCUT2D eigenvalue weighted by Gasteiger charge is -2.09. The highest BCUT2D eigenvalue weighted by Crippen LogP contribution is 2.15. The topological polar surface area (TPSA) is 86.1 Å². The number of nitrogens with zero attached hydrogens (tertiary/aromatic N) is 3. The number of aryl methyl sites for hydroxylation is 2. The van der Waals surface area contributed by atoms with Gasteiger partial charge in [-0.1, -0.05) is 6.07 Å². The Morgan fingerprint density at radius 1 is 1.43 bits per heavy atom. The Labute approximate surface area is 124 Å². The highest BCUT2D eigenvalue weighted by atomic mass is 32.2. The Morgan fingerprint density at radius 2 is 2.19 bits per heavy atom. The summed E-state index contributed by atoms with van der Waals surface area (Å²) in [6.07, 6.45) is 3.08. The van der Waals surface area contributed by atoms with Crippen LogP contribution in [0.15, 0.2) is 29.6 Å². The van der Waals surface area contributed by atoms with E-state index in [2.05, 4.69) is 14.7 Å². The van der Waals surface area contributed by atoms with E-state index in [0.717, 1.165) is 0 Å². The van der Waals surface area contributed by atoms with Crippen LogP contribution in [0.5, 0.6) is 5.88 Å². The Morgan fingerprint density at radius 3 is 2.81 bits per heavy atom. The number of nitrogens with one attached hydrogen (secondary N) is 1. The zero-order chi connectivity index (χ0) is 15.5. The van der Waals surface area contributed by atoms with Crippen LogP contribution in [0.2, 0.25) is 0 Å². The van der Waals surface area contributed by atoms with E-state index in [0.29, 0.717) is 23.9 Å². The predicted molar refractivity (Wildman–Crippen MR) is 77.4 cm³/mol. The van der Waals surface area contributed by atoms with Gasteiger partial charge >= 0.3 is 0 Å². The summed E-state index contributed by atoms with van der Waals surface area (Å²) < 4.78 is 33.9. The minimum absolute atomic E-state index is 0.00403. The summed E-state index contributed by atoms with van der Waals surface area (Å²) in [5.41, 5.74) is 0.676. The number of imidazole rings is 1. The lowest BCUT2D eigenvalue weighted by Crippen LogP contribution is -2.24. The molecule has 8 heteroatoms. The van der Waals surface area contributed by atoms with Crippen molar-refractivity contribution in [1.29, 1.82) is 0 Å². The first-order valence-electron chi connectivity index (χ1n) is 6.50. The molecule has 2 aromatic rings. The second-order valence-corrected chi connectivity index (χ2v) is 6.18. The molecule has 2 aromatic heterocycles. The molecule has 0 fully saturated rings. The Kier molecular flexibility index (Phi) is 4.59. The van der Waals surface area contributed by atoms with Gasteiger partial charge in [0.15, 0.2) is 5.03 Å². The van der Waals surface area contributed by atoms with Crippen LogP contribution in [0.3, 0.4) is 0 Å². The monoisotopic (exact) mass is 310 g/mol. The zero-order valence-electron chi connectivity index (χ0n) is 12.2. The number of pyridine rings is 1. The maximum absolute atomic E-state index is 12.2. The van der Waals surface area contributed by atoms with Gasteiger partial charge in [-0.15, -0.1) is 0 Å². The van der Waals surface area contributed by atoms with Crippen molar-refractivity contribution in [2.75, 3.05) is 6.61 Å². The van der Waals surface area contributed by atoms with Crippen molar-refractivity contribution in [1.82, 2.24) is 19.3 Å². The van der Waals surface area contributed by atoms with Crippen LogP contribution in [0.1, 0.15) is 18.3 Å². The van der Waals surface area contributed by atoms with Gasteiger partial charge in [-0.2, -0.15) is 0 Å². The first kappa shape index (κ1) is 15.5. The van der Waals surface area contributed by atoms with Gasteiger partial charge in [-0.05, 0) is 19.9 Å². The fourth-order valence-corrected chi connectivity index (χ4v) is 2.77. The molecule has 0 aliphatic heterocycles. The molecule has 1 N–H and O–H groups in total. The third-order valence-corrected chi connectivity index (χ3v) is 4.22. The third-order valence-electron chi connectivity index (χ3n) is 2.95. The summed E-state index contributed by atoms with van der Waals surface area (Å²) in [6.45, 7) is 4.16. The van der Waals surface area contributed by atoms with Gasteiger partial charge in [0.25, 0.3) is 10.0 Å². The molecule has 2 heterocycles. The standard InChI is InChI=1S/C13H18N4O3S/c1-4-20-13-11(6-5-7-14-13)8-15-21(18,19)12-9-17(3)10(2)16-12/h5-7,9,15H,4,8H2,1-3H3. The normalized spacial score (nSPS) is 11.6. The number of sulfonamides is 1. The zero-order valence-corrected chi connectivity index (χ0v) is 13.0. The molecule has 0 radical (unpaired) electrons. The molecule has 2 rings (SSSR count). The Hall–Kier alpha value is -1.93. The summed E-state index contributed by atoms with van der Waals surface area (Å²) in [6, 6.07) is 3.50. The van der Waals surface area contributed by atoms with Crippen molar-refractivity contribution in [3.63, 3.8) is 0 Å². The van der Waals surface area contributed by atoms with Crippen molar-refractivity contribution in [3.05, 3.63) is 35.9 Å². The largest absolute Gasteiger partial charge is 0.478 e. The van der Waals surface area contributed by atoms with E-state index in [4.69, 9.17) is 4.74 Å². The molecule has 0 saturated carbocycles. The fraction of sp³-hybridized carbons (Fsp3) is 0.385. The lowest BCUT2D eigenvalue weighted by molar-refractivity contribution is 0.322.